The Balaban J connectivity index is 2.02. The zero-order valence-electron chi connectivity index (χ0n) is 14.1. The Kier molecular flexibility index (Phi) is 4.24. The van der Waals surface area contributed by atoms with Crippen LogP contribution in [-0.4, -0.2) is 33.1 Å². The molecule has 1 aliphatic heterocycles. The van der Waals surface area contributed by atoms with Crippen molar-refractivity contribution in [2.45, 2.75) is 51.7 Å². The van der Waals surface area contributed by atoms with Crippen molar-refractivity contribution in [1.82, 2.24) is 14.9 Å². The molecule has 6 nitrogen and oxygen atoms in total. The molecule has 1 fully saturated rings. The summed E-state index contributed by atoms with van der Waals surface area (Å²) in [6.45, 7) is 8.03. The predicted octanol–water partition coefficient (Wildman–Crippen LogP) is 3.99. The van der Waals surface area contributed by atoms with Crippen LogP contribution in [0.4, 0.5) is 4.79 Å². The number of aromatic amines is 1. The summed E-state index contributed by atoms with van der Waals surface area (Å²) < 4.78 is 6.96. The summed E-state index contributed by atoms with van der Waals surface area (Å²) in [6, 6.07) is 1.83. The number of hydrogen-bond donors (Lipinski definition) is 1. The van der Waals surface area contributed by atoms with Crippen molar-refractivity contribution in [3.8, 4) is 0 Å². The normalized spacial score (nSPS) is 21.5. The van der Waals surface area contributed by atoms with Crippen LogP contribution in [0.15, 0.2) is 14.6 Å². The second-order valence-electron chi connectivity index (χ2n) is 7.19. The van der Waals surface area contributed by atoms with Crippen LogP contribution in [-0.2, 0) is 10.3 Å². The number of thiophene rings is 1. The third-order valence-corrected chi connectivity index (χ3v) is 5.74. The van der Waals surface area contributed by atoms with Crippen molar-refractivity contribution < 1.29 is 9.53 Å². The molecule has 130 valence electrons. The molecule has 1 N–H and O–H groups in total. The monoisotopic (exact) mass is 413 g/mol. The lowest BCUT2D eigenvalue weighted by atomic mass is 9.98. The van der Waals surface area contributed by atoms with Crippen LogP contribution < -0.4 is 5.56 Å². The van der Waals surface area contributed by atoms with Gasteiger partial charge < -0.3 is 9.72 Å². The Labute approximate surface area is 152 Å². The fraction of sp³-hybridized carbons (Fsp3) is 0.562. The number of likely N-dealkylation sites (tertiary alicyclic amines) is 1. The molecule has 0 radical (unpaired) electrons. The summed E-state index contributed by atoms with van der Waals surface area (Å²) in [4.78, 5) is 34.1. The molecule has 3 heterocycles. The molecule has 0 bridgehead atoms. The quantitative estimate of drug-likeness (QED) is 0.766. The molecule has 2 aromatic rings. The molecule has 0 saturated carbocycles. The molecule has 1 saturated heterocycles. The van der Waals surface area contributed by atoms with Crippen molar-refractivity contribution in [2.75, 3.05) is 6.54 Å². The van der Waals surface area contributed by atoms with Gasteiger partial charge in [0.05, 0.1) is 9.30 Å². The maximum Gasteiger partial charge on any atom is 0.411 e. The van der Waals surface area contributed by atoms with Crippen LogP contribution in [0.25, 0.3) is 10.2 Å². The zero-order chi connectivity index (χ0) is 17.7. The number of hydrogen-bond acceptors (Lipinski definition) is 5. The fourth-order valence-corrected chi connectivity index (χ4v) is 4.41. The first-order valence-electron chi connectivity index (χ1n) is 7.81. The van der Waals surface area contributed by atoms with Crippen molar-refractivity contribution in [1.29, 1.82) is 0 Å². The molecule has 2 aromatic heterocycles. The molecule has 1 atom stereocenters. The molecule has 1 aliphatic rings. The van der Waals surface area contributed by atoms with Gasteiger partial charge in [0.2, 0.25) is 0 Å². The summed E-state index contributed by atoms with van der Waals surface area (Å²) in [5.74, 6) is 0.508. The number of H-pyrrole nitrogens is 1. The highest BCUT2D eigenvalue weighted by molar-refractivity contribution is 9.11. The number of halogens is 1. The minimum Gasteiger partial charge on any atom is -0.444 e. The van der Waals surface area contributed by atoms with Gasteiger partial charge in [-0.1, -0.05) is 0 Å². The van der Waals surface area contributed by atoms with Crippen molar-refractivity contribution >= 4 is 43.6 Å². The number of aromatic nitrogens is 2. The Bertz CT molecular complexity index is 854. The highest BCUT2D eigenvalue weighted by Crippen LogP contribution is 2.38. The number of ether oxygens (including phenoxy) is 1. The number of nitrogens with zero attached hydrogens (tertiary/aromatic N) is 2. The number of carbonyl (C=O) groups excluding carboxylic acids is 1. The molecular weight excluding hydrogens is 394 g/mol. The van der Waals surface area contributed by atoms with E-state index in [0.717, 1.165) is 16.6 Å². The third-order valence-electron chi connectivity index (χ3n) is 4.12. The number of amides is 1. The van der Waals surface area contributed by atoms with Crippen molar-refractivity contribution in [3.05, 3.63) is 26.0 Å². The molecule has 0 spiro atoms. The second kappa shape index (κ2) is 5.84. The maximum absolute atomic E-state index is 12.6. The first kappa shape index (κ1) is 17.4. The predicted molar refractivity (Wildman–Crippen MR) is 97.5 cm³/mol. The van der Waals surface area contributed by atoms with Crippen LogP contribution in [0.1, 0.15) is 46.4 Å². The summed E-state index contributed by atoms with van der Waals surface area (Å²) in [6.07, 6.45) is 1.19. The lowest BCUT2D eigenvalue weighted by Gasteiger charge is -2.35. The van der Waals surface area contributed by atoms with Crippen molar-refractivity contribution in [3.63, 3.8) is 0 Å². The van der Waals surface area contributed by atoms with E-state index < -0.39 is 11.1 Å². The SMILES string of the molecule is CC(C)(C)OC(=O)N1CCC[C@@]1(C)c1nc2cc(Br)sc2c(=O)[nH]1. The van der Waals surface area contributed by atoms with Crippen LogP contribution in [0.2, 0.25) is 0 Å². The van der Waals surface area contributed by atoms with Gasteiger partial charge in [-0.3, -0.25) is 9.69 Å². The maximum atomic E-state index is 12.6. The highest BCUT2D eigenvalue weighted by Gasteiger charge is 2.45. The number of nitrogens with one attached hydrogen (secondary N) is 1. The average molecular weight is 414 g/mol. The van der Waals surface area contributed by atoms with Gasteiger partial charge in [0.15, 0.2) is 0 Å². The lowest BCUT2D eigenvalue weighted by Crippen LogP contribution is -2.46. The molecular formula is C16H20BrN3O3S. The lowest BCUT2D eigenvalue weighted by molar-refractivity contribution is 0.00855. The summed E-state index contributed by atoms with van der Waals surface area (Å²) in [7, 11) is 0. The van der Waals surface area contributed by atoms with Gasteiger partial charge in [0.1, 0.15) is 21.7 Å². The van der Waals surface area contributed by atoms with E-state index in [0.29, 0.717) is 22.6 Å². The molecule has 0 aliphatic carbocycles. The largest absolute Gasteiger partial charge is 0.444 e. The van der Waals surface area contributed by atoms with E-state index >= 15 is 0 Å². The Morgan fingerprint density at radius 2 is 2.21 bits per heavy atom. The molecule has 24 heavy (non-hydrogen) atoms. The van der Waals surface area contributed by atoms with Crippen LogP contribution in [0.5, 0.6) is 0 Å². The van der Waals surface area contributed by atoms with E-state index in [4.69, 9.17) is 4.74 Å². The summed E-state index contributed by atoms with van der Waals surface area (Å²) in [5.41, 5.74) is -0.779. The van der Waals surface area contributed by atoms with Crippen molar-refractivity contribution in [2.24, 2.45) is 0 Å². The van der Waals surface area contributed by atoms with E-state index in [1.807, 2.05) is 33.8 Å². The molecule has 8 heteroatoms. The van der Waals surface area contributed by atoms with E-state index in [-0.39, 0.29) is 11.7 Å². The zero-order valence-corrected chi connectivity index (χ0v) is 16.5. The molecule has 3 rings (SSSR count). The smallest absolute Gasteiger partial charge is 0.411 e. The Morgan fingerprint density at radius 1 is 1.50 bits per heavy atom. The minimum atomic E-state index is -0.676. The van der Waals surface area contributed by atoms with Gasteiger partial charge in [0.25, 0.3) is 5.56 Å². The average Bonchev–Trinajstić information content (AvgIpc) is 3.00. The number of rotatable bonds is 1. The molecule has 1 amide bonds. The number of fused-ring (bicyclic) bond motifs is 1. The van der Waals surface area contributed by atoms with Gasteiger partial charge >= 0.3 is 6.09 Å². The standard InChI is InChI=1S/C16H20BrN3O3S/c1-15(2,3)23-14(22)20-7-5-6-16(20,4)13-18-9-8-10(17)24-11(9)12(21)19-13/h8H,5-7H2,1-4H3,(H,18,19,21)/t16-/m0/s1. The van der Waals surface area contributed by atoms with E-state index in [9.17, 15) is 9.59 Å². The first-order chi connectivity index (χ1) is 11.1. The van der Waals surface area contributed by atoms with E-state index in [2.05, 4.69) is 25.9 Å². The van der Waals surface area contributed by atoms with Crippen LogP contribution in [0.3, 0.4) is 0 Å². The third kappa shape index (κ3) is 3.09. The summed E-state index contributed by atoms with van der Waals surface area (Å²) in [5, 5.41) is 0. The van der Waals surface area contributed by atoms with Crippen LogP contribution in [0, 0.1) is 0 Å². The van der Waals surface area contributed by atoms with Gasteiger partial charge in [-0.15, -0.1) is 11.3 Å². The van der Waals surface area contributed by atoms with Crippen LogP contribution >= 0.6 is 27.3 Å². The van der Waals surface area contributed by atoms with Gasteiger partial charge in [0, 0.05) is 6.54 Å². The second-order valence-corrected chi connectivity index (χ2v) is 9.62. The molecule has 0 unspecified atom stereocenters. The minimum absolute atomic E-state index is 0.178. The summed E-state index contributed by atoms with van der Waals surface area (Å²) >= 11 is 4.74. The van der Waals surface area contributed by atoms with Gasteiger partial charge in [-0.05, 0) is 62.5 Å². The van der Waals surface area contributed by atoms with Gasteiger partial charge in [-0.2, -0.15) is 0 Å². The van der Waals surface area contributed by atoms with Gasteiger partial charge in [-0.25, -0.2) is 9.78 Å². The molecule has 0 aromatic carbocycles. The van der Waals surface area contributed by atoms with E-state index in [1.165, 1.54) is 11.3 Å². The highest BCUT2D eigenvalue weighted by atomic mass is 79.9. The van der Waals surface area contributed by atoms with E-state index in [1.54, 1.807) is 4.90 Å². The Morgan fingerprint density at radius 3 is 2.88 bits per heavy atom. The Hall–Kier alpha value is -1.41. The number of carbonyl (C=O) groups is 1. The first-order valence-corrected chi connectivity index (χ1v) is 9.41. The fourth-order valence-electron chi connectivity index (χ4n) is 2.98. The topological polar surface area (TPSA) is 75.3 Å².